The zero-order valence-electron chi connectivity index (χ0n) is 15.2. The van der Waals surface area contributed by atoms with Gasteiger partial charge in [-0.1, -0.05) is 76.6 Å². The van der Waals surface area contributed by atoms with Crippen molar-refractivity contribution >= 4 is 15.9 Å². The average Bonchev–Trinajstić information content (AvgIpc) is 2.74. The Hall–Kier alpha value is -3.11. The molecule has 1 heterocycles. The molecule has 0 radical (unpaired) electrons. The Morgan fingerprint density at radius 2 is 1.46 bits per heavy atom. The lowest BCUT2D eigenvalue weighted by atomic mass is 9.95. The molecular formula is C24H17BrO3. The van der Waals surface area contributed by atoms with E-state index in [4.69, 9.17) is 9.15 Å². The molecular weight excluding hydrogens is 416 g/mol. The van der Waals surface area contributed by atoms with Crippen LogP contribution in [0.3, 0.4) is 0 Å². The molecule has 0 N–H and O–H groups in total. The second kappa shape index (κ2) is 7.87. The van der Waals surface area contributed by atoms with Crippen LogP contribution >= 0.6 is 15.9 Å². The molecule has 4 rings (SSSR count). The van der Waals surface area contributed by atoms with Gasteiger partial charge in [0.25, 0.3) is 0 Å². The topological polar surface area (TPSA) is 39.4 Å². The summed E-state index contributed by atoms with van der Waals surface area (Å²) in [4.78, 5) is 13.1. The van der Waals surface area contributed by atoms with Crippen molar-refractivity contribution in [2.24, 2.45) is 0 Å². The van der Waals surface area contributed by atoms with Crippen LogP contribution in [-0.4, -0.2) is 7.11 Å². The number of hydrogen-bond donors (Lipinski definition) is 0. The Kier molecular flexibility index (Phi) is 5.13. The molecule has 3 nitrogen and oxygen atoms in total. The van der Waals surface area contributed by atoms with Crippen LogP contribution < -0.4 is 10.4 Å². The predicted octanol–water partition coefficient (Wildman–Crippen LogP) is 6.41. The molecule has 0 saturated carbocycles. The minimum Gasteiger partial charge on any atom is -0.497 e. The van der Waals surface area contributed by atoms with Crippen molar-refractivity contribution in [1.29, 1.82) is 0 Å². The molecule has 0 spiro atoms. The molecule has 4 heteroatoms. The number of hydrogen-bond acceptors (Lipinski definition) is 3. The predicted molar refractivity (Wildman–Crippen MR) is 116 cm³/mol. The Morgan fingerprint density at radius 1 is 0.786 bits per heavy atom. The van der Waals surface area contributed by atoms with Gasteiger partial charge in [0.1, 0.15) is 11.5 Å². The van der Waals surface area contributed by atoms with E-state index < -0.39 is 0 Å². The first-order valence-electron chi connectivity index (χ1n) is 8.80. The van der Waals surface area contributed by atoms with Gasteiger partial charge in [0, 0.05) is 15.6 Å². The van der Waals surface area contributed by atoms with E-state index >= 15 is 0 Å². The third-order valence-electron chi connectivity index (χ3n) is 4.55. The summed E-state index contributed by atoms with van der Waals surface area (Å²) in [6.45, 7) is 0. The minimum absolute atomic E-state index is 0.378. The second-order valence-electron chi connectivity index (χ2n) is 6.26. The van der Waals surface area contributed by atoms with Gasteiger partial charge in [0.15, 0.2) is 0 Å². The van der Waals surface area contributed by atoms with Crippen molar-refractivity contribution in [1.82, 2.24) is 0 Å². The van der Waals surface area contributed by atoms with Gasteiger partial charge >= 0.3 is 5.63 Å². The molecule has 138 valence electrons. The molecule has 28 heavy (non-hydrogen) atoms. The lowest BCUT2D eigenvalue weighted by Gasteiger charge is -2.13. The van der Waals surface area contributed by atoms with E-state index in [0.29, 0.717) is 11.3 Å². The maximum Gasteiger partial charge on any atom is 0.344 e. The van der Waals surface area contributed by atoms with Gasteiger partial charge in [-0.3, -0.25) is 0 Å². The van der Waals surface area contributed by atoms with Crippen LogP contribution in [0.5, 0.6) is 5.75 Å². The molecule has 0 fully saturated rings. The second-order valence-corrected chi connectivity index (χ2v) is 7.12. The van der Waals surface area contributed by atoms with Crippen LogP contribution in [0.15, 0.2) is 98.6 Å². The number of rotatable bonds is 4. The molecule has 0 atom stereocenters. The van der Waals surface area contributed by atoms with E-state index in [-0.39, 0.29) is 5.63 Å². The van der Waals surface area contributed by atoms with Crippen LogP contribution in [0.25, 0.3) is 33.6 Å². The Bertz CT molecular complexity index is 1160. The number of benzene rings is 3. The van der Waals surface area contributed by atoms with Crippen molar-refractivity contribution < 1.29 is 9.15 Å². The molecule has 0 saturated heterocycles. The van der Waals surface area contributed by atoms with Crippen LogP contribution in [0.2, 0.25) is 0 Å². The highest BCUT2D eigenvalue weighted by Gasteiger charge is 2.18. The maximum absolute atomic E-state index is 13.1. The zero-order valence-corrected chi connectivity index (χ0v) is 16.8. The summed E-state index contributed by atoms with van der Waals surface area (Å²) in [6, 6.07) is 26.8. The van der Waals surface area contributed by atoms with Gasteiger partial charge in [-0.15, -0.1) is 0 Å². The fourth-order valence-corrected chi connectivity index (χ4v) is 3.66. The first-order chi connectivity index (χ1) is 13.7. The van der Waals surface area contributed by atoms with E-state index in [0.717, 1.165) is 32.5 Å². The third-order valence-corrected chi connectivity index (χ3v) is 5.24. The van der Waals surface area contributed by atoms with E-state index in [1.165, 1.54) is 0 Å². The Balaban J connectivity index is 1.99. The first kappa shape index (κ1) is 18.3. The summed E-state index contributed by atoms with van der Waals surface area (Å²) in [5.41, 5.74) is 3.52. The first-order valence-corrected chi connectivity index (χ1v) is 9.59. The average molecular weight is 433 g/mol. The van der Waals surface area contributed by atoms with Gasteiger partial charge in [0.05, 0.1) is 12.7 Å². The van der Waals surface area contributed by atoms with Crippen molar-refractivity contribution in [2.75, 3.05) is 7.11 Å². The summed E-state index contributed by atoms with van der Waals surface area (Å²) in [7, 11) is 1.62. The van der Waals surface area contributed by atoms with Crippen molar-refractivity contribution in [3.63, 3.8) is 0 Å². The van der Waals surface area contributed by atoms with Crippen molar-refractivity contribution in [3.05, 3.63) is 99.8 Å². The fraction of sp³-hybridized carbons (Fsp3) is 0.0417. The molecule has 0 bridgehead atoms. The molecule has 4 aromatic rings. The number of methoxy groups -OCH3 is 1. The summed E-state index contributed by atoms with van der Waals surface area (Å²) in [5.74, 6) is 1.27. The van der Waals surface area contributed by atoms with Gasteiger partial charge in [-0.05, 0) is 35.4 Å². The molecule has 0 unspecified atom stereocenters. The SMILES string of the molecule is COc1ccc(-c2c(-c3ccccc3Br)cc(-c3ccccc3)oc2=O)cc1. The summed E-state index contributed by atoms with van der Waals surface area (Å²) >= 11 is 3.62. The molecule has 0 amide bonds. The normalized spacial score (nSPS) is 10.6. The van der Waals surface area contributed by atoms with Crippen molar-refractivity contribution in [2.45, 2.75) is 0 Å². The van der Waals surface area contributed by atoms with E-state index in [1.807, 2.05) is 84.9 Å². The van der Waals surface area contributed by atoms with Gasteiger partial charge in [-0.25, -0.2) is 4.79 Å². The monoisotopic (exact) mass is 432 g/mol. The minimum atomic E-state index is -0.378. The van der Waals surface area contributed by atoms with Crippen LogP contribution in [-0.2, 0) is 0 Å². The van der Waals surface area contributed by atoms with Crippen LogP contribution in [0.4, 0.5) is 0 Å². The summed E-state index contributed by atoms with van der Waals surface area (Å²) in [6.07, 6.45) is 0. The highest BCUT2D eigenvalue weighted by molar-refractivity contribution is 9.10. The van der Waals surface area contributed by atoms with E-state index in [9.17, 15) is 4.79 Å². The van der Waals surface area contributed by atoms with Crippen LogP contribution in [0.1, 0.15) is 0 Å². The van der Waals surface area contributed by atoms with Crippen LogP contribution in [0, 0.1) is 0 Å². The van der Waals surface area contributed by atoms with Gasteiger partial charge in [-0.2, -0.15) is 0 Å². The summed E-state index contributed by atoms with van der Waals surface area (Å²) in [5, 5.41) is 0. The smallest absolute Gasteiger partial charge is 0.344 e. The molecule has 0 aliphatic carbocycles. The number of halogens is 1. The lowest BCUT2D eigenvalue weighted by molar-refractivity contribution is 0.415. The quantitative estimate of drug-likeness (QED) is 0.373. The van der Waals surface area contributed by atoms with E-state index in [2.05, 4.69) is 15.9 Å². The zero-order chi connectivity index (χ0) is 19.5. The van der Waals surface area contributed by atoms with Crippen molar-refractivity contribution in [3.8, 4) is 39.3 Å². The summed E-state index contributed by atoms with van der Waals surface area (Å²) < 4.78 is 11.9. The van der Waals surface area contributed by atoms with Gasteiger partial charge in [0.2, 0.25) is 0 Å². The Morgan fingerprint density at radius 3 is 2.14 bits per heavy atom. The number of ether oxygens (including phenoxy) is 1. The molecule has 3 aromatic carbocycles. The Labute approximate surface area is 171 Å². The molecule has 1 aromatic heterocycles. The third kappa shape index (κ3) is 3.51. The fourth-order valence-electron chi connectivity index (χ4n) is 3.16. The van der Waals surface area contributed by atoms with E-state index in [1.54, 1.807) is 7.11 Å². The molecule has 0 aliphatic rings. The standard InChI is InChI=1S/C24H17BrO3/c1-27-18-13-11-17(12-14-18)23-20(19-9-5-6-10-21(19)25)15-22(28-24(23)26)16-7-3-2-4-8-16/h2-15H,1H3. The highest BCUT2D eigenvalue weighted by Crippen LogP contribution is 2.37. The molecule has 0 aliphatic heterocycles. The lowest BCUT2D eigenvalue weighted by Crippen LogP contribution is -2.06. The highest BCUT2D eigenvalue weighted by atomic mass is 79.9. The largest absolute Gasteiger partial charge is 0.497 e. The van der Waals surface area contributed by atoms with Gasteiger partial charge < -0.3 is 9.15 Å². The maximum atomic E-state index is 13.1.